The van der Waals surface area contributed by atoms with E-state index in [0.29, 0.717) is 32.5 Å². The summed E-state index contributed by atoms with van der Waals surface area (Å²) in [6.07, 6.45) is 1.13. The van der Waals surface area contributed by atoms with Gasteiger partial charge in [0.2, 0.25) is 11.8 Å². The van der Waals surface area contributed by atoms with Crippen molar-refractivity contribution in [3.63, 3.8) is 0 Å². The molecule has 0 aromatic heterocycles. The van der Waals surface area contributed by atoms with Crippen LogP contribution in [0.5, 0.6) is 0 Å². The van der Waals surface area contributed by atoms with Gasteiger partial charge in [0, 0.05) is 37.2 Å². The minimum absolute atomic E-state index is 0.00669. The Morgan fingerprint density at radius 3 is 2.40 bits per heavy atom. The lowest BCUT2D eigenvalue weighted by molar-refractivity contribution is -0.384. The van der Waals surface area contributed by atoms with Crippen LogP contribution in [0.1, 0.15) is 26.7 Å². The van der Waals surface area contributed by atoms with Gasteiger partial charge >= 0.3 is 5.97 Å². The highest BCUT2D eigenvalue weighted by molar-refractivity contribution is 8.00. The lowest BCUT2D eigenvalue weighted by Crippen LogP contribution is -2.46. The highest BCUT2D eigenvalue weighted by atomic mass is 32.2. The van der Waals surface area contributed by atoms with Gasteiger partial charge < -0.3 is 14.5 Å². The Morgan fingerprint density at radius 2 is 1.87 bits per heavy atom. The molecule has 30 heavy (non-hydrogen) atoms. The zero-order chi connectivity index (χ0) is 22.3. The molecule has 164 valence electrons. The van der Waals surface area contributed by atoms with Crippen molar-refractivity contribution in [2.75, 3.05) is 33.3 Å². The van der Waals surface area contributed by atoms with E-state index in [1.165, 1.54) is 28.8 Å². The van der Waals surface area contributed by atoms with Crippen molar-refractivity contribution in [2.45, 2.75) is 36.8 Å². The molecule has 0 spiro atoms. The molecule has 0 bridgehead atoms. The first-order valence-electron chi connectivity index (χ1n) is 9.83. The number of benzene rings is 1. The van der Waals surface area contributed by atoms with Gasteiger partial charge in [-0.1, -0.05) is 0 Å². The van der Waals surface area contributed by atoms with Crippen molar-refractivity contribution >= 4 is 35.2 Å². The van der Waals surface area contributed by atoms with E-state index in [9.17, 15) is 24.5 Å². The fourth-order valence-electron chi connectivity index (χ4n) is 3.22. The van der Waals surface area contributed by atoms with E-state index >= 15 is 0 Å². The van der Waals surface area contributed by atoms with Crippen molar-refractivity contribution in [3.8, 4) is 0 Å². The highest BCUT2D eigenvalue weighted by Gasteiger charge is 2.29. The van der Waals surface area contributed by atoms with E-state index in [0.717, 1.165) is 4.90 Å². The van der Waals surface area contributed by atoms with Gasteiger partial charge in [-0.15, -0.1) is 11.8 Å². The first-order valence-corrected chi connectivity index (χ1v) is 10.7. The second-order valence-electron chi connectivity index (χ2n) is 7.11. The number of carbonyl (C=O) groups is 3. The third-order valence-electron chi connectivity index (χ3n) is 4.92. The lowest BCUT2D eigenvalue weighted by atomic mass is 9.97. The summed E-state index contributed by atoms with van der Waals surface area (Å²) in [6, 6.07) is 6.00. The van der Waals surface area contributed by atoms with Crippen molar-refractivity contribution in [1.29, 1.82) is 0 Å². The normalized spacial score (nSPS) is 15.4. The average Bonchev–Trinajstić information content (AvgIpc) is 2.73. The van der Waals surface area contributed by atoms with E-state index in [2.05, 4.69) is 0 Å². The van der Waals surface area contributed by atoms with E-state index in [1.54, 1.807) is 37.9 Å². The maximum atomic E-state index is 12.6. The summed E-state index contributed by atoms with van der Waals surface area (Å²) >= 11 is 1.28. The van der Waals surface area contributed by atoms with Crippen LogP contribution >= 0.6 is 11.8 Å². The third kappa shape index (κ3) is 6.45. The van der Waals surface area contributed by atoms with Gasteiger partial charge in [0.15, 0.2) is 0 Å². The molecule has 1 aliphatic heterocycles. The summed E-state index contributed by atoms with van der Waals surface area (Å²) in [6.45, 7) is 4.76. The number of ether oxygens (including phenoxy) is 1. The Labute approximate surface area is 179 Å². The molecule has 0 aliphatic carbocycles. The lowest BCUT2D eigenvalue weighted by Gasteiger charge is -2.32. The number of non-ortho nitro benzene ring substituents is 1. The van der Waals surface area contributed by atoms with Gasteiger partial charge in [0.25, 0.3) is 5.69 Å². The molecular weight excluding hydrogens is 410 g/mol. The van der Waals surface area contributed by atoms with Gasteiger partial charge in [0.05, 0.1) is 29.2 Å². The number of hydrogen-bond donors (Lipinski definition) is 0. The molecule has 1 unspecified atom stereocenters. The number of rotatable bonds is 8. The monoisotopic (exact) mass is 437 g/mol. The molecular formula is C20H27N3O6S. The van der Waals surface area contributed by atoms with Crippen LogP contribution in [0, 0.1) is 16.0 Å². The summed E-state index contributed by atoms with van der Waals surface area (Å²) in [4.78, 5) is 51.0. The summed E-state index contributed by atoms with van der Waals surface area (Å²) in [7, 11) is 1.58. The quantitative estimate of drug-likeness (QED) is 0.266. The van der Waals surface area contributed by atoms with Crippen LogP contribution in [-0.2, 0) is 19.1 Å². The predicted molar refractivity (Wildman–Crippen MR) is 112 cm³/mol. The molecule has 0 N–H and O–H groups in total. The number of hydrogen-bond acceptors (Lipinski definition) is 7. The molecule has 1 fully saturated rings. The fourth-order valence-corrected chi connectivity index (χ4v) is 4.20. The van der Waals surface area contributed by atoms with E-state index in [1.807, 2.05) is 0 Å². The minimum Gasteiger partial charge on any atom is -0.466 e. The van der Waals surface area contributed by atoms with Gasteiger partial charge in [-0.2, -0.15) is 0 Å². The Morgan fingerprint density at radius 1 is 1.27 bits per heavy atom. The Balaban J connectivity index is 1.82. The van der Waals surface area contributed by atoms with Crippen LogP contribution in [0.25, 0.3) is 0 Å². The number of thioether (sulfide) groups is 1. The van der Waals surface area contributed by atoms with Gasteiger partial charge in [-0.3, -0.25) is 24.5 Å². The number of carbonyl (C=O) groups excluding carboxylic acids is 3. The summed E-state index contributed by atoms with van der Waals surface area (Å²) < 4.78 is 5.04. The molecule has 2 amide bonds. The van der Waals surface area contributed by atoms with Gasteiger partial charge in [-0.25, -0.2) is 0 Å². The second-order valence-corrected chi connectivity index (χ2v) is 8.53. The first kappa shape index (κ1) is 23.7. The fraction of sp³-hybridized carbons (Fsp3) is 0.550. The Hall–Kier alpha value is -2.62. The van der Waals surface area contributed by atoms with Crippen molar-refractivity contribution in [1.82, 2.24) is 9.80 Å². The molecule has 1 aliphatic rings. The van der Waals surface area contributed by atoms with Crippen LogP contribution in [0.4, 0.5) is 5.69 Å². The molecule has 1 aromatic carbocycles. The summed E-state index contributed by atoms with van der Waals surface area (Å²) in [5.74, 6) is -0.741. The topological polar surface area (TPSA) is 110 Å². The molecule has 0 radical (unpaired) electrons. The zero-order valence-corrected chi connectivity index (χ0v) is 18.2. The molecule has 1 saturated heterocycles. The number of likely N-dealkylation sites (tertiary alicyclic amines) is 1. The Kier molecular flexibility index (Phi) is 8.64. The van der Waals surface area contributed by atoms with Crippen LogP contribution in [0.2, 0.25) is 0 Å². The molecule has 1 aromatic rings. The van der Waals surface area contributed by atoms with Gasteiger partial charge in [0.1, 0.15) is 0 Å². The van der Waals surface area contributed by atoms with E-state index in [4.69, 9.17) is 4.74 Å². The van der Waals surface area contributed by atoms with E-state index in [-0.39, 0.29) is 35.9 Å². The molecule has 9 nitrogen and oxygen atoms in total. The van der Waals surface area contributed by atoms with Crippen LogP contribution in [0.3, 0.4) is 0 Å². The van der Waals surface area contributed by atoms with Crippen molar-refractivity contribution < 1.29 is 24.0 Å². The second kappa shape index (κ2) is 11.0. The highest BCUT2D eigenvalue weighted by Crippen LogP contribution is 2.26. The average molecular weight is 438 g/mol. The molecule has 10 heteroatoms. The van der Waals surface area contributed by atoms with Gasteiger partial charge in [-0.05, 0) is 38.8 Å². The smallest absolute Gasteiger partial charge is 0.309 e. The first-order chi connectivity index (χ1) is 14.2. The van der Waals surface area contributed by atoms with Crippen molar-refractivity contribution in [2.24, 2.45) is 5.92 Å². The molecule has 0 saturated carbocycles. The number of esters is 1. The minimum atomic E-state index is -0.474. The zero-order valence-electron chi connectivity index (χ0n) is 17.4. The maximum Gasteiger partial charge on any atom is 0.309 e. The van der Waals surface area contributed by atoms with Crippen LogP contribution in [-0.4, -0.2) is 71.0 Å². The van der Waals surface area contributed by atoms with Crippen LogP contribution < -0.4 is 0 Å². The standard InChI is InChI=1S/C20H27N3O6S/c1-4-29-20(26)15-9-11-22(12-10-15)18(24)13-21(3)19(25)14(2)30-17-7-5-16(6-8-17)23(27)28/h5-8,14-15H,4,9-13H2,1-3H3. The summed E-state index contributed by atoms with van der Waals surface area (Å²) in [5, 5.41) is 10.3. The van der Waals surface area contributed by atoms with Crippen molar-refractivity contribution in [3.05, 3.63) is 34.4 Å². The molecule has 2 rings (SSSR count). The van der Waals surface area contributed by atoms with E-state index < -0.39 is 10.2 Å². The summed E-state index contributed by atoms with van der Waals surface area (Å²) in [5.41, 5.74) is -0.00669. The predicted octanol–water partition coefficient (Wildman–Crippen LogP) is 2.34. The number of nitro groups is 1. The number of amides is 2. The number of likely N-dealkylation sites (N-methyl/N-ethyl adjacent to an activating group) is 1. The largest absolute Gasteiger partial charge is 0.466 e. The Bertz CT molecular complexity index is 777. The SMILES string of the molecule is CCOC(=O)C1CCN(C(=O)CN(C)C(=O)C(C)Sc2ccc([N+](=O)[O-])cc2)CC1. The number of piperidine rings is 1. The molecule has 1 heterocycles. The number of nitrogens with zero attached hydrogens (tertiary/aromatic N) is 3. The van der Waals surface area contributed by atoms with Crippen LogP contribution in [0.15, 0.2) is 29.2 Å². The number of nitro benzene ring substituents is 1. The molecule has 1 atom stereocenters. The maximum absolute atomic E-state index is 12.6. The third-order valence-corrected chi connectivity index (χ3v) is 6.02.